The van der Waals surface area contributed by atoms with Crippen molar-refractivity contribution in [3.05, 3.63) is 41.3 Å². The molecule has 94 valence electrons. The number of carbonyl (C=O) groups is 1. The first-order valence-electron chi connectivity index (χ1n) is 5.21. The second-order valence-corrected chi connectivity index (χ2v) is 4.14. The fourth-order valence-corrected chi connectivity index (χ4v) is 1.94. The van der Waals surface area contributed by atoms with Gasteiger partial charge in [0.05, 0.1) is 23.0 Å². The number of halogens is 1. The molecular formula is C11H6ClN5O2. The van der Waals surface area contributed by atoms with Gasteiger partial charge in [0.2, 0.25) is 0 Å². The van der Waals surface area contributed by atoms with Gasteiger partial charge in [-0.25, -0.2) is 4.79 Å². The number of nitrogens with zero attached hydrogens (tertiary/aromatic N) is 5. The molecular weight excluding hydrogens is 270 g/mol. The Hall–Kier alpha value is -2.54. The Morgan fingerprint density at radius 1 is 1.32 bits per heavy atom. The van der Waals surface area contributed by atoms with Crippen molar-refractivity contribution in [2.45, 2.75) is 0 Å². The number of carboxylic acid groups (broad SMARTS) is 1. The Kier molecular flexibility index (Phi) is 2.60. The molecule has 0 aliphatic heterocycles. The number of hydrogen-bond donors (Lipinski definition) is 1. The van der Waals surface area contributed by atoms with Gasteiger partial charge in [-0.3, -0.25) is 4.40 Å². The van der Waals surface area contributed by atoms with Crippen LogP contribution in [0.2, 0.25) is 5.02 Å². The van der Waals surface area contributed by atoms with E-state index in [2.05, 4.69) is 20.4 Å². The molecule has 0 bridgehead atoms. The summed E-state index contributed by atoms with van der Waals surface area (Å²) < 4.78 is 1.52. The predicted molar refractivity (Wildman–Crippen MR) is 66.0 cm³/mol. The highest BCUT2D eigenvalue weighted by atomic mass is 35.5. The average molecular weight is 276 g/mol. The molecule has 3 rings (SSSR count). The number of carboxylic acids is 1. The van der Waals surface area contributed by atoms with E-state index in [-0.39, 0.29) is 10.6 Å². The van der Waals surface area contributed by atoms with Gasteiger partial charge < -0.3 is 5.11 Å². The zero-order chi connectivity index (χ0) is 13.4. The van der Waals surface area contributed by atoms with E-state index in [4.69, 9.17) is 16.7 Å². The van der Waals surface area contributed by atoms with Gasteiger partial charge in [-0.2, -0.15) is 10.2 Å². The van der Waals surface area contributed by atoms with Crippen molar-refractivity contribution in [1.82, 2.24) is 24.8 Å². The van der Waals surface area contributed by atoms with E-state index < -0.39 is 5.97 Å². The molecule has 0 amide bonds. The molecule has 0 saturated carbocycles. The van der Waals surface area contributed by atoms with Crippen molar-refractivity contribution in [2.75, 3.05) is 0 Å². The monoisotopic (exact) mass is 275 g/mol. The van der Waals surface area contributed by atoms with Crippen LogP contribution in [0.1, 0.15) is 10.4 Å². The number of rotatable bonds is 2. The van der Waals surface area contributed by atoms with E-state index in [0.29, 0.717) is 17.0 Å². The van der Waals surface area contributed by atoms with Crippen LogP contribution in [0.25, 0.3) is 17.0 Å². The van der Waals surface area contributed by atoms with Crippen LogP contribution >= 0.6 is 11.6 Å². The summed E-state index contributed by atoms with van der Waals surface area (Å²) in [4.78, 5) is 11.0. The van der Waals surface area contributed by atoms with Gasteiger partial charge in [0.25, 0.3) is 0 Å². The lowest BCUT2D eigenvalue weighted by Gasteiger charge is -2.02. The number of fused-ring (bicyclic) bond motifs is 1. The fraction of sp³-hybridized carbons (Fsp3) is 0. The Morgan fingerprint density at radius 3 is 2.84 bits per heavy atom. The summed E-state index contributed by atoms with van der Waals surface area (Å²) in [6, 6.07) is 3.03. The number of pyridine rings is 1. The second-order valence-electron chi connectivity index (χ2n) is 3.73. The lowest BCUT2D eigenvalue weighted by atomic mass is 10.2. The summed E-state index contributed by atoms with van der Waals surface area (Å²) in [6.07, 6.45) is 4.44. The molecule has 3 heterocycles. The Morgan fingerprint density at radius 2 is 2.16 bits per heavy atom. The Labute approximate surface area is 111 Å². The standard InChI is InChI=1S/C11H6ClN5O2/c12-8-3-7(11(18)19)5-17-9(15-16-10(8)17)6-1-2-13-14-4-6/h1-5H,(H,18,19). The highest BCUT2D eigenvalue weighted by Crippen LogP contribution is 2.23. The van der Waals surface area contributed by atoms with Crippen LogP contribution in [-0.2, 0) is 0 Å². The van der Waals surface area contributed by atoms with Gasteiger partial charge in [0.15, 0.2) is 11.5 Å². The summed E-state index contributed by atoms with van der Waals surface area (Å²) in [6.45, 7) is 0. The van der Waals surface area contributed by atoms with E-state index in [1.54, 1.807) is 6.07 Å². The maximum Gasteiger partial charge on any atom is 0.337 e. The number of hydrogen-bond acceptors (Lipinski definition) is 5. The third-order valence-electron chi connectivity index (χ3n) is 2.55. The van der Waals surface area contributed by atoms with Crippen LogP contribution in [0.5, 0.6) is 0 Å². The molecule has 8 heteroatoms. The lowest BCUT2D eigenvalue weighted by Crippen LogP contribution is -2.00. The molecule has 1 N–H and O–H groups in total. The Bertz CT molecular complexity index is 771. The van der Waals surface area contributed by atoms with Crippen molar-refractivity contribution < 1.29 is 9.90 Å². The molecule has 0 radical (unpaired) electrons. The highest BCUT2D eigenvalue weighted by Gasteiger charge is 2.14. The first kappa shape index (κ1) is 11.5. The van der Waals surface area contributed by atoms with E-state index in [0.717, 1.165) is 0 Å². The van der Waals surface area contributed by atoms with Crippen molar-refractivity contribution in [3.63, 3.8) is 0 Å². The molecule has 0 aliphatic carbocycles. The van der Waals surface area contributed by atoms with Crippen molar-refractivity contribution >= 4 is 23.2 Å². The topological polar surface area (TPSA) is 93.3 Å². The van der Waals surface area contributed by atoms with Crippen LogP contribution in [0.15, 0.2) is 30.7 Å². The highest BCUT2D eigenvalue weighted by molar-refractivity contribution is 6.33. The van der Waals surface area contributed by atoms with Crippen LogP contribution in [-0.4, -0.2) is 35.9 Å². The summed E-state index contributed by atoms with van der Waals surface area (Å²) in [5.74, 6) is -0.619. The zero-order valence-corrected chi connectivity index (χ0v) is 10.1. The minimum atomic E-state index is -1.07. The third-order valence-corrected chi connectivity index (χ3v) is 2.83. The zero-order valence-electron chi connectivity index (χ0n) is 9.36. The number of aromatic carboxylic acids is 1. The first-order valence-corrected chi connectivity index (χ1v) is 5.59. The van der Waals surface area contributed by atoms with Gasteiger partial charge >= 0.3 is 5.97 Å². The van der Waals surface area contributed by atoms with Gasteiger partial charge in [0.1, 0.15) is 0 Å². The molecule has 3 aromatic heterocycles. The molecule has 0 aliphatic rings. The average Bonchev–Trinajstić information content (AvgIpc) is 2.84. The first-order chi connectivity index (χ1) is 9.16. The van der Waals surface area contributed by atoms with Gasteiger partial charge in [-0.15, -0.1) is 10.2 Å². The Balaban J connectivity index is 2.30. The molecule has 0 saturated heterocycles. The largest absolute Gasteiger partial charge is 0.478 e. The fourth-order valence-electron chi connectivity index (χ4n) is 1.69. The minimum Gasteiger partial charge on any atom is -0.478 e. The second kappa shape index (κ2) is 4.29. The predicted octanol–water partition coefficient (Wildman–Crippen LogP) is 1.54. The van der Waals surface area contributed by atoms with Crippen LogP contribution < -0.4 is 0 Å². The van der Waals surface area contributed by atoms with Crippen molar-refractivity contribution in [3.8, 4) is 11.4 Å². The molecule has 0 atom stereocenters. The van der Waals surface area contributed by atoms with E-state index in [1.165, 1.54) is 29.1 Å². The van der Waals surface area contributed by atoms with Crippen LogP contribution in [0, 0.1) is 0 Å². The minimum absolute atomic E-state index is 0.0561. The van der Waals surface area contributed by atoms with E-state index in [9.17, 15) is 4.79 Å². The maximum atomic E-state index is 11.0. The van der Waals surface area contributed by atoms with Crippen molar-refractivity contribution in [1.29, 1.82) is 0 Å². The molecule has 7 nitrogen and oxygen atoms in total. The summed E-state index contributed by atoms with van der Waals surface area (Å²) in [5, 5.41) is 24.6. The summed E-state index contributed by atoms with van der Waals surface area (Å²) in [5.41, 5.74) is 1.11. The van der Waals surface area contributed by atoms with Gasteiger partial charge in [0, 0.05) is 11.8 Å². The van der Waals surface area contributed by atoms with E-state index >= 15 is 0 Å². The molecule has 19 heavy (non-hydrogen) atoms. The summed E-state index contributed by atoms with van der Waals surface area (Å²) in [7, 11) is 0. The van der Waals surface area contributed by atoms with E-state index in [1.807, 2.05) is 0 Å². The lowest BCUT2D eigenvalue weighted by molar-refractivity contribution is 0.0696. The SMILES string of the molecule is O=C(O)c1cc(Cl)c2nnc(-c3ccnnc3)n2c1. The molecule has 0 aromatic carbocycles. The van der Waals surface area contributed by atoms with Crippen LogP contribution in [0.3, 0.4) is 0 Å². The quantitative estimate of drug-likeness (QED) is 0.762. The van der Waals surface area contributed by atoms with Crippen LogP contribution in [0.4, 0.5) is 0 Å². The molecule has 0 unspecified atom stereocenters. The van der Waals surface area contributed by atoms with Gasteiger partial charge in [-0.1, -0.05) is 11.6 Å². The third kappa shape index (κ3) is 1.89. The smallest absolute Gasteiger partial charge is 0.337 e. The maximum absolute atomic E-state index is 11.0. The molecule has 0 spiro atoms. The summed E-state index contributed by atoms with van der Waals surface area (Å²) >= 11 is 5.99. The van der Waals surface area contributed by atoms with Crippen molar-refractivity contribution in [2.24, 2.45) is 0 Å². The number of aromatic nitrogens is 5. The normalized spacial score (nSPS) is 10.8. The van der Waals surface area contributed by atoms with Gasteiger partial charge in [-0.05, 0) is 12.1 Å². The molecule has 0 fully saturated rings. The molecule has 3 aromatic rings.